The van der Waals surface area contributed by atoms with E-state index in [1.165, 1.54) is 12.8 Å². The van der Waals surface area contributed by atoms with Crippen LogP contribution in [0.4, 0.5) is 0 Å². The zero-order chi connectivity index (χ0) is 8.10. The van der Waals surface area contributed by atoms with Gasteiger partial charge in [0.25, 0.3) is 0 Å². The molecule has 0 saturated carbocycles. The predicted octanol–water partition coefficient (Wildman–Crippen LogP) is 2.08. The molecule has 11 heavy (non-hydrogen) atoms. The van der Waals surface area contributed by atoms with Gasteiger partial charge < -0.3 is 10.2 Å². The maximum Gasteiger partial charge on any atom is 0.117 e. The third kappa shape index (κ3) is 2.39. The summed E-state index contributed by atoms with van der Waals surface area (Å²) in [5.74, 6) is 1.95. The molecule has 0 unspecified atom stereocenters. The summed E-state index contributed by atoms with van der Waals surface area (Å²) in [4.78, 5) is 0. The minimum atomic E-state index is 0.506. The number of aryl methyl sites for hydroxylation is 1. The Morgan fingerprint density at radius 1 is 1.36 bits per heavy atom. The second-order valence-electron chi connectivity index (χ2n) is 2.68. The molecule has 1 heterocycles. The van der Waals surface area contributed by atoms with Crippen LogP contribution in [0.1, 0.15) is 31.3 Å². The summed E-state index contributed by atoms with van der Waals surface area (Å²) in [6.07, 6.45) is 3.44. The third-order valence-electron chi connectivity index (χ3n) is 1.70. The van der Waals surface area contributed by atoms with Crippen molar-refractivity contribution in [2.45, 2.75) is 32.7 Å². The summed E-state index contributed by atoms with van der Waals surface area (Å²) in [5, 5.41) is 0. The van der Waals surface area contributed by atoms with E-state index >= 15 is 0 Å². The van der Waals surface area contributed by atoms with Gasteiger partial charge in [-0.1, -0.05) is 13.3 Å². The van der Waals surface area contributed by atoms with E-state index in [-0.39, 0.29) is 0 Å². The number of hydrogen-bond donors (Lipinski definition) is 1. The van der Waals surface area contributed by atoms with Crippen LogP contribution in [-0.2, 0) is 13.0 Å². The molecule has 1 rings (SSSR count). The standard InChI is InChI=1S/C9H15NO/c1-2-3-4-8-5-6-9(7-10)11-8/h5-6H,2-4,7,10H2,1H3. The molecule has 62 valence electrons. The van der Waals surface area contributed by atoms with Gasteiger partial charge in [-0.25, -0.2) is 0 Å². The van der Waals surface area contributed by atoms with Crippen LogP contribution in [0.2, 0.25) is 0 Å². The van der Waals surface area contributed by atoms with Crippen molar-refractivity contribution in [3.63, 3.8) is 0 Å². The Labute approximate surface area is 67.4 Å². The highest BCUT2D eigenvalue weighted by molar-refractivity contribution is 5.06. The number of nitrogens with two attached hydrogens (primary N) is 1. The molecule has 0 atom stereocenters. The van der Waals surface area contributed by atoms with Crippen molar-refractivity contribution < 1.29 is 4.42 Å². The Bertz CT molecular complexity index is 205. The van der Waals surface area contributed by atoms with Crippen LogP contribution < -0.4 is 5.73 Å². The van der Waals surface area contributed by atoms with Crippen LogP contribution in [0.3, 0.4) is 0 Å². The molecule has 0 saturated heterocycles. The van der Waals surface area contributed by atoms with Gasteiger partial charge in [0.05, 0.1) is 6.54 Å². The van der Waals surface area contributed by atoms with Crippen LogP contribution >= 0.6 is 0 Å². The van der Waals surface area contributed by atoms with E-state index in [1.54, 1.807) is 0 Å². The molecule has 2 heteroatoms. The van der Waals surface area contributed by atoms with E-state index in [1.807, 2.05) is 12.1 Å². The molecule has 0 bridgehead atoms. The monoisotopic (exact) mass is 153 g/mol. The topological polar surface area (TPSA) is 39.2 Å². The maximum absolute atomic E-state index is 5.41. The number of rotatable bonds is 4. The Morgan fingerprint density at radius 2 is 2.09 bits per heavy atom. The zero-order valence-electron chi connectivity index (χ0n) is 6.97. The van der Waals surface area contributed by atoms with Gasteiger partial charge in [-0.05, 0) is 18.6 Å². The molecule has 1 aromatic rings. The molecule has 1 aromatic heterocycles. The van der Waals surface area contributed by atoms with Crippen LogP contribution in [-0.4, -0.2) is 0 Å². The van der Waals surface area contributed by atoms with Crippen LogP contribution in [0.15, 0.2) is 16.5 Å². The SMILES string of the molecule is CCCCc1ccc(CN)o1. The lowest BCUT2D eigenvalue weighted by atomic mass is 10.2. The second kappa shape index (κ2) is 4.19. The molecule has 0 fully saturated rings. The van der Waals surface area contributed by atoms with Gasteiger partial charge in [-0.15, -0.1) is 0 Å². The van der Waals surface area contributed by atoms with Crippen LogP contribution in [0.5, 0.6) is 0 Å². The summed E-state index contributed by atoms with van der Waals surface area (Å²) in [6.45, 7) is 2.68. The van der Waals surface area contributed by atoms with Crippen molar-refractivity contribution in [2.24, 2.45) is 5.73 Å². The summed E-state index contributed by atoms with van der Waals surface area (Å²) in [7, 11) is 0. The quantitative estimate of drug-likeness (QED) is 0.719. The minimum absolute atomic E-state index is 0.506. The largest absolute Gasteiger partial charge is 0.465 e. The zero-order valence-corrected chi connectivity index (χ0v) is 6.97. The first kappa shape index (κ1) is 8.34. The summed E-state index contributed by atoms with van der Waals surface area (Å²) < 4.78 is 5.41. The minimum Gasteiger partial charge on any atom is -0.465 e. The number of hydrogen-bond acceptors (Lipinski definition) is 2. The molecule has 0 aliphatic heterocycles. The molecule has 2 nitrogen and oxygen atoms in total. The molecule has 2 N–H and O–H groups in total. The van der Waals surface area contributed by atoms with E-state index < -0.39 is 0 Å². The molecule has 0 aliphatic rings. The number of furan rings is 1. The van der Waals surface area contributed by atoms with Crippen molar-refractivity contribution in [1.82, 2.24) is 0 Å². The first-order chi connectivity index (χ1) is 5.36. The smallest absolute Gasteiger partial charge is 0.117 e. The fourth-order valence-electron chi connectivity index (χ4n) is 1.02. The van der Waals surface area contributed by atoms with Gasteiger partial charge >= 0.3 is 0 Å². The van der Waals surface area contributed by atoms with Crippen molar-refractivity contribution >= 4 is 0 Å². The molecule has 0 spiro atoms. The van der Waals surface area contributed by atoms with E-state index in [2.05, 4.69) is 6.92 Å². The van der Waals surface area contributed by atoms with Gasteiger partial charge in [0.1, 0.15) is 11.5 Å². The van der Waals surface area contributed by atoms with Gasteiger partial charge in [0.15, 0.2) is 0 Å². The predicted molar refractivity (Wildman–Crippen MR) is 45.2 cm³/mol. The van der Waals surface area contributed by atoms with Gasteiger partial charge in [0, 0.05) is 6.42 Å². The Kier molecular flexibility index (Phi) is 3.17. The molecule has 0 aliphatic carbocycles. The Morgan fingerprint density at radius 3 is 2.64 bits per heavy atom. The summed E-state index contributed by atoms with van der Waals surface area (Å²) >= 11 is 0. The van der Waals surface area contributed by atoms with Crippen molar-refractivity contribution in [1.29, 1.82) is 0 Å². The van der Waals surface area contributed by atoms with E-state index in [4.69, 9.17) is 10.2 Å². The third-order valence-corrected chi connectivity index (χ3v) is 1.70. The highest BCUT2D eigenvalue weighted by Gasteiger charge is 1.98. The average molecular weight is 153 g/mol. The van der Waals surface area contributed by atoms with Crippen molar-refractivity contribution in [3.8, 4) is 0 Å². The molecule has 0 aromatic carbocycles. The normalized spacial score (nSPS) is 10.4. The van der Waals surface area contributed by atoms with Crippen molar-refractivity contribution in [2.75, 3.05) is 0 Å². The van der Waals surface area contributed by atoms with E-state index in [9.17, 15) is 0 Å². The lowest BCUT2D eigenvalue weighted by Gasteiger charge is -1.92. The van der Waals surface area contributed by atoms with Gasteiger partial charge in [0.2, 0.25) is 0 Å². The van der Waals surface area contributed by atoms with Gasteiger partial charge in [-0.2, -0.15) is 0 Å². The highest BCUT2D eigenvalue weighted by atomic mass is 16.3. The van der Waals surface area contributed by atoms with Gasteiger partial charge in [-0.3, -0.25) is 0 Å². The number of unbranched alkanes of at least 4 members (excludes halogenated alkanes) is 1. The average Bonchev–Trinajstić information content (AvgIpc) is 2.48. The lowest BCUT2D eigenvalue weighted by molar-refractivity contribution is 0.460. The van der Waals surface area contributed by atoms with E-state index in [0.29, 0.717) is 6.54 Å². The second-order valence-corrected chi connectivity index (χ2v) is 2.68. The van der Waals surface area contributed by atoms with Crippen LogP contribution in [0.25, 0.3) is 0 Å². The first-order valence-corrected chi connectivity index (χ1v) is 4.14. The molecule has 0 amide bonds. The Balaban J connectivity index is 2.44. The maximum atomic E-state index is 5.41. The highest BCUT2D eigenvalue weighted by Crippen LogP contribution is 2.09. The molecular formula is C9H15NO. The summed E-state index contributed by atoms with van der Waals surface area (Å²) in [6, 6.07) is 3.96. The van der Waals surface area contributed by atoms with E-state index in [0.717, 1.165) is 17.9 Å². The van der Waals surface area contributed by atoms with Crippen molar-refractivity contribution in [3.05, 3.63) is 23.7 Å². The molecular weight excluding hydrogens is 138 g/mol. The lowest BCUT2D eigenvalue weighted by Crippen LogP contribution is -1.92. The fourth-order valence-corrected chi connectivity index (χ4v) is 1.02. The molecule has 0 radical (unpaired) electrons. The van der Waals surface area contributed by atoms with Crippen LogP contribution in [0, 0.1) is 0 Å². The first-order valence-electron chi connectivity index (χ1n) is 4.14. The fraction of sp³-hybridized carbons (Fsp3) is 0.556. The summed E-state index contributed by atoms with van der Waals surface area (Å²) in [5.41, 5.74) is 5.40. The Hall–Kier alpha value is -0.760.